The molecule has 4 atom stereocenters. The van der Waals surface area contributed by atoms with Gasteiger partial charge in [-0.1, -0.05) is 38.1 Å². The molecule has 336 valence electrons. The number of alkyl carbamates (subject to hydrolysis) is 2. The highest BCUT2D eigenvalue weighted by Gasteiger charge is 2.41. The van der Waals surface area contributed by atoms with Crippen molar-refractivity contribution in [3.8, 4) is 33.8 Å². The number of methoxy groups -OCH3 is 2. The number of carbonyl (C=O) groups excluding carboxylic acids is 4. The predicted octanol–water partition coefficient (Wildman–Crippen LogP) is 7.03. The maximum absolute atomic E-state index is 14.0. The van der Waals surface area contributed by atoms with E-state index >= 15 is 0 Å². The summed E-state index contributed by atoms with van der Waals surface area (Å²) < 4.78 is 15.2. The van der Waals surface area contributed by atoms with E-state index in [4.69, 9.17) is 29.2 Å². The molecule has 1 unspecified atom stereocenters. The van der Waals surface area contributed by atoms with E-state index in [2.05, 4.69) is 57.0 Å². The van der Waals surface area contributed by atoms with Crippen LogP contribution in [0.25, 0.3) is 44.7 Å². The van der Waals surface area contributed by atoms with Crippen molar-refractivity contribution in [2.75, 3.05) is 40.5 Å². The van der Waals surface area contributed by atoms with E-state index < -0.39 is 24.3 Å². The van der Waals surface area contributed by atoms with Crippen LogP contribution in [0.5, 0.6) is 0 Å². The molecule has 3 fully saturated rings. The number of imidazole rings is 2. The van der Waals surface area contributed by atoms with Crippen LogP contribution in [-0.2, 0) is 36.6 Å². The average Bonchev–Trinajstić information content (AvgIpc) is 4.16. The van der Waals surface area contributed by atoms with Crippen LogP contribution in [0.2, 0.25) is 0 Å². The number of carbonyl (C=O) groups is 4. The number of aromatic amines is 2. The smallest absolute Gasteiger partial charge is 0.407 e. The lowest BCUT2D eigenvalue weighted by Crippen LogP contribution is -2.53. The number of H-pyrrole nitrogens is 2. The van der Waals surface area contributed by atoms with E-state index in [1.54, 1.807) is 0 Å². The number of hydrogen-bond acceptors (Lipinski definition) is 10. The number of nitrogens with one attached hydrogen (secondary N) is 4. The molecule has 3 saturated heterocycles. The van der Waals surface area contributed by atoms with Gasteiger partial charge in [-0.3, -0.25) is 9.59 Å². The van der Waals surface area contributed by atoms with E-state index in [0.29, 0.717) is 39.1 Å². The Labute approximate surface area is 372 Å². The van der Waals surface area contributed by atoms with Crippen LogP contribution >= 0.6 is 0 Å². The summed E-state index contributed by atoms with van der Waals surface area (Å²) >= 11 is 0. The fourth-order valence-corrected chi connectivity index (χ4v) is 10.0. The van der Waals surface area contributed by atoms with Gasteiger partial charge in [0.2, 0.25) is 11.8 Å². The number of amides is 4. The first kappa shape index (κ1) is 43.0. The molecule has 1 aliphatic carbocycles. The third-order valence-electron chi connectivity index (χ3n) is 13.5. The van der Waals surface area contributed by atoms with Gasteiger partial charge in [-0.25, -0.2) is 24.5 Å². The summed E-state index contributed by atoms with van der Waals surface area (Å²) in [7, 11) is 2.61. The molecule has 4 aliphatic rings. The van der Waals surface area contributed by atoms with E-state index in [-0.39, 0.29) is 35.7 Å². The topological polar surface area (TPSA) is 197 Å². The van der Waals surface area contributed by atoms with Gasteiger partial charge in [-0.2, -0.15) is 0 Å². The van der Waals surface area contributed by atoms with Crippen LogP contribution in [0.3, 0.4) is 0 Å². The van der Waals surface area contributed by atoms with Crippen LogP contribution in [-0.4, -0.2) is 111 Å². The van der Waals surface area contributed by atoms with E-state index in [0.717, 1.165) is 107 Å². The van der Waals surface area contributed by atoms with Crippen molar-refractivity contribution < 1.29 is 33.4 Å². The van der Waals surface area contributed by atoms with Crippen molar-refractivity contribution in [2.24, 2.45) is 11.8 Å². The van der Waals surface area contributed by atoms with E-state index in [1.165, 1.54) is 19.8 Å². The van der Waals surface area contributed by atoms with Crippen LogP contribution in [0.15, 0.2) is 54.7 Å². The second-order valence-corrected chi connectivity index (χ2v) is 17.7. The second kappa shape index (κ2) is 18.4. The number of pyridine rings is 1. The number of hydrogen-bond donors (Lipinski definition) is 4. The molecule has 0 radical (unpaired) electrons. The van der Waals surface area contributed by atoms with Crippen molar-refractivity contribution in [3.05, 3.63) is 77.6 Å². The van der Waals surface area contributed by atoms with Crippen LogP contribution < -0.4 is 10.6 Å². The Bertz CT molecular complexity index is 2550. The molecular formula is C48H57N9O7. The normalized spacial score (nSPS) is 19.8. The lowest BCUT2D eigenvalue weighted by molar-refractivity contribution is -0.137. The average molecular weight is 872 g/mol. The number of ether oxygens (including phenoxy) is 3. The summed E-state index contributed by atoms with van der Waals surface area (Å²) in [5.41, 5.74) is 8.82. The largest absolute Gasteiger partial charge is 0.453 e. The number of aromatic nitrogens is 5. The molecule has 3 aliphatic heterocycles. The quantitative estimate of drug-likeness (QED) is 0.113. The lowest BCUT2D eigenvalue weighted by atomic mass is 9.90. The lowest BCUT2D eigenvalue weighted by Gasteiger charge is -2.34. The van der Waals surface area contributed by atoms with Gasteiger partial charge in [-0.05, 0) is 99.5 Å². The van der Waals surface area contributed by atoms with Crippen molar-refractivity contribution in [1.82, 2.24) is 45.4 Å². The Morgan fingerprint density at radius 2 is 1.45 bits per heavy atom. The zero-order chi connectivity index (χ0) is 44.5. The van der Waals surface area contributed by atoms with Crippen molar-refractivity contribution in [3.63, 3.8) is 0 Å². The highest BCUT2D eigenvalue weighted by Crippen LogP contribution is 2.39. The Morgan fingerprint density at radius 3 is 2.20 bits per heavy atom. The summed E-state index contributed by atoms with van der Waals surface area (Å²) in [5, 5.41) is 6.54. The molecule has 4 N–H and O–H groups in total. The highest BCUT2D eigenvalue weighted by molar-refractivity contribution is 5.88. The Kier molecular flexibility index (Phi) is 12.4. The summed E-state index contributed by atoms with van der Waals surface area (Å²) in [4.78, 5) is 78.2. The highest BCUT2D eigenvalue weighted by atomic mass is 16.5. The van der Waals surface area contributed by atoms with Gasteiger partial charge < -0.3 is 44.6 Å². The first-order valence-electron chi connectivity index (χ1n) is 22.7. The molecule has 64 heavy (non-hydrogen) atoms. The monoisotopic (exact) mass is 871 g/mol. The zero-order valence-corrected chi connectivity index (χ0v) is 36.9. The van der Waals surface area contributed by atoms with Gasteiger partial charge in [0.1, 0.15) is 23.7 Å². The summed E-state index contributed by atoms with van der Waals surface area (Å²) in [6.45, 7) is 6.14. The molecule has 3 aromatic heterocycles. The Morgan fingerprint density at radius 1 is 0.750 bits per heavy atom. The van der Waals surface area contributed by atoms with Crippen molar-refractivity contribution >= 4 is 34.9 Å². The van der Waals surface area contributed by atoms with Gasteiger partial charge in [0.15, 0.2) is 0 Å². The van der Waals surface area contributed by atoms with Crippen LogP contribution in [0.1, 0.15) is 93.8 Å². The number of fused-ring (bicyclic) bond motifs is 4. The maximum Gasteiger partial charge on any atom is 0.407 e. The first-order valence-corrected chi connectivity index (χ1v) is 22.7. The van der Waals surface area contributed by atoms with E-state index in [9.17, 15) is 19.2 Å². The number of aryl methyl sites for hydroxylation is 2. The third-order valence-corrected chi connectivity index (χ3v) is 13.5. The van der Waals surface area contributed by atoms with Crippen molar-refractivity contribution in [1.29, 1.82) is 0 Å². The fourth-order valence-electron chi connectivity index (χ4n) is 10.0. The second-order valence-electron chi connectivity index (χ2n) is 17.7. The van der Waals surface area contributed by atoms with Crippen molar-refractivity contribution in [2.45, 2.75) is 95.8 Å². The molecular weight excluding hydrogens is 815 g/mol. The van der Waals surface area contributed by atoms with Gasteiger partial charge >= 0.3 is 12.2 Å². The number of benzene rings is 2. The van der Waals surface area contributed by atoms with Crippen LogP contribution in [0.4, 0.5) is 9.59 Å². The minimum Gasteiger partial charge on any atom is -0.453 e. The molecule has 0 saturated carbocycles. The van der Waals surface area contributed by atoms with Gasteiger partial charge in [-0.15, -0.1) is 0 Å². The van der Waals surface area contributed by atoms with Crippen LogP contribution in [0, 0.1) is 11.8 Å². The molecule has 0 spiro atoms. The minimum atomic E-state index is -0.691. The number of rotatable bonds is 10. The first-order chi connectivity index (χ1) is 31.1. The summed E-state index contributed by atoms with van der Waals surface area (Å²) in [6, 6.07) is 15.0. The molecule has 16 nitrogen and oxygen atoms in total. The van der Waals surface area contributed by atoms with E-state index in [1.807, 2.05) is 42.0 Å². The molecule has 5 aromatic rings. The molecule has 0 bridgehead atoms. The Balaban J connectivity index is 0.910. The van der Waals surface area contributed by atoms with Gasteiger partial charge in [0.25, 0.3) is 0 Å². The maximum atomic E-state index is 14.0. The summed E-state index contributed by atoms with van der Waals surface area (Å²) in [6.07, 6.45) is 8.01. The minimum absolute atomic E-state index is 0.0329. The molecule has 9 rings (SSSR count). The standard InChI is InChI=1S/C48H57N9O7/c1-27(2)40(54-47(60)62-3)45(58)57-21-7-11-39(57)44-51-36-9-5-8-29-24-30(12-15-33(29)42(36)53-44)34-16-13-31-25-32(14-17-35(31)50-34)37-26-49-43(52-37)38-10-6-20-56(38)46(59)41(55-48(61)63-4)28-18-22-64-23-19-28/h12-17,24-28,38-41H,5-11,18-23H2,1-4H3,(H,49,52)(H,51,53)(H,54,60)(H,55,61)/t38-,39-,40?,41-/m0/s1. The number of nitrogens with zero attached hydrogens (tertiary/aromatic N) is 5. The van der Waals surface area contributed by atoms with Gasteiger partial charge in [0.05, 0.1) is 48.9 Å². The SMILES string of the molecule is COC(=O)NC(C(=O)N1CCC[C@H]1c1nc2c([nH]1)CCCc1cc(-c3ccc4cc(-c5c[nH]c([C@@H]6CCCN6C(=O)[C@@H](NC(=O)OC)C6CCOCC6)n5)ccc4n3)ccc1-2)C(C)C. The summed E-state index contributed by atoms with van der Waals surface area (Å²) in [5.74, 6) is 1.13. The molecule has 6 heterocycles. The molecule has 4 amide bonds. The molecule has 2 aromatic carbocycles. The predicted molar refractivity (Wildman–Crippen MR) is 239 cm³/mol. The fraction of sp³-hybridized carbons (Fsp3) is 0.479. The number of likely N-dealkylation sites (tertiary alicyclic amines) is 2. The Hall–Kier alpha value is -6.29. The zero-order valence-electron chi connectivity index (χ0n) is 36.9. The molecule has 16 heteroatoms. The van der Waals surface area contributed by atoms with Gasteiger partial charge in [0, 0.05) is 60.3 Å². The third kappa shape index (κ3) is 8.54.